The lowest BCUT2D eigenvalue weighted by Crippen LogP contribution is -2.18. The number of ether oxygens (including phenoxy) is 4. The fraction of sp³-hybridized carbons (Fsp3) is 0.364. The zero-order valence-electron chi connectivity index (χ0n) is 17.4. The van der Waals surface area contributed by atoms with Crippen LogP contribution in [0.4, 0.5) is 0 Å². The number of rotatable bonds is 11. The summed E-state index contributed by atoms with van der Waals surface area (Å²) in [6.07, 6.45) is 1.55. The van der Waals surface area contributed by atoms with E-state index in [1.165, 1.54) is 0 Å². The maximum atomic E-state index is 12.6. The van der Waals surface area contributed by atoms with Crippen LogP contribution >= 0.6 is 0 Å². The second-order valence-electron chi connectivity index (χ2n) is 5.77. The van der Waals surface area contributed by atoms with Gasteiger partial charge in [-0.05, 0) is 52.0 Å². The molecule has 0 aromatic heterocycles. The van der Waals surface area contributed by atoms with E-state index in [1.54, 1.807) is 18.3 Å². The van der Waals surface area contributed by atoms with E-state index in [-0.39, 0.29) is 5.91 Å². The Labute approximate surface area is 171 Å². The van der Waals surface area contributed by atoms with Crippen molar-refractivity contribution >= 4 is 12.1 Å². The summed E-state index contributed by atoms with van der Waals surface area (Å²) in [5.74, 6) is 1.71. The average molecular weight is 400 g/mol. The monoisotopic (exact) mass is 400 g/mol. The molecular formula is C22H28N2O5. The Balaban J connectivity index is 2.23. The van der Waals surface area contributed by atoms with Crippen LogP contribution in [0.25, 0.3) is 0 Å². The molecule has 7 heteroatoms. The number of nitrogens with zero attached hydrogens (tertiary/aromatic N) is 1. The summed E-state index contributed by atoms with van der Waals surface area (Å²) in [4.78, 5) is 12.6. The van der Waals surface area contributed by atoms with Crippen molar-refractivity contribution in [2.75, 3.05) is 26.4 Å². The van der Waals surface area contributed by atoms with Gasteiger partial charge in [0.1, 0.15) is 5.75 Å². The fourth-order valence-electron chi connectivity index (χ4n) is 2.62. The van der Waals surface area contributed by atoms with Gasteiger partial charge < -0.3 is 18.9 Å². The van der Waals surface area contributed by atoms with Crippen LogP contribution in [0, 0.1) is 0 Å². The molecule has 0 aliphatic heterocycles. The van der Waals surface area contributed by atoms with Gasteiger partial charge in [-0.2, -0.15) is 5.10 Å². The maximum absolute atomic E-state index is 12.6. The summed E-state index contributed by atoms with van der Waals surface area (Å²) >= 11 is 0. The van der Waals surface area contributed by atoms with Gasteiger partial charge in [-0.25, -0.2) is 5.43 Å². The maximum Gasteiger partial charge on any atom is 0.271 e. The lowest BCUT2D eigenvalue weighted by molar-refractivity contribution is 0.0954. The van der Waals surface area contributed by atoms with Crippen LogP contribution < -0.4 is 24.4 Å². The highest BCUT2D eigenvalue weighted by atomic mass is 16.5. The van der Waals surface area contributed by atoms with Gasteiger partial charge in [0.2, 0.25) is 5.75 Å². The average Bonchev–Trinajstić information content (AvgIpc) is 2.72. The highest BCUT2D eigenvalue weighted by Gasteiger charge is 2.18. The second-order valence-corrected chi connectivity index (χ2v) is 5.77. The number of nitrogens with one attached hydrogen (secondary N) is 1. The highest BCUT2D eigenvalue weighted by Crippen LogP contribution is 2.39. The summed E-state index contributed by atoms with van der Waals surface area (Å²) in [6.45, 7) is 9.38. The predicted octanol–water partition coefficient (Wildman–Crippen LogP) is 4.05. The lowest BCUT2D eigenvalue weighted by Gasteiger charge is -2.16. The van der Waals surface area contributed by atoms with Crippen molar-refractivity contribution < 1.29 is 23.7 Å². The van der Waals surface area contributed by atoms with E-state index in [4.69, 9.17) is 18.9 Å². The summed E-state index contributed by atoms with van der Waals surface area (Å²) in [7, 11) is 0. The molecular weight excluding hydrogens is 372 g/mol. The van der Waals surface area contributed by atoms with Crippen LogP contribution in [-0.2, 0) is 0 Å². The van der Waals surface area contributed by atoms with Crippen molar-refractivity contribution in [1.29, 1.82) is 0 Å². The van der Waals surface area contributed by atoms with Crippen molar-refractivity contribution in [3.8, 4) is 23.0 Å². The Hall–Kier alpha value is -3.22. The SMILES string of the molecule is CCOc1ccccc1/C=N\NC(=O)c1cc(OCC)c(OCC)c(OCC)c1. The van der Waals surface area contributed by atoms with Crippen LogP contribution in [-0.4, -0.2) is 38.5 Å². The topological polar surface area (TPSA) is 78.4 Å². The van der Waals surface area contributed by atoms with Crippen LogP contribution in [0.2, 0.25) is 0 Å². The molecule has 0 heterocycles. The first kappa shape index (κ1) is 22.1. The normalized spacial score (nSPS) is 10.6. The molecule has 0 bridgehead atoms. The van der Waals surface area contributed by atoms with E-state index in [9.17, 15) is 4.79 Å². The smallest absolute Gasteiger partial charge is 0.271 e. The van der Waals surface area contributed by atoms with Gasteiger partial charge in [-0.15, -0.1) is 0 Å². The fourth-order valence-corrected chi connectivity index (χ4v) is 2.62. The Morgan fingerprint density at radius 1 is 0.862 bits per heavy atom. The number of benzene rings is 2. The molecule has 2 rings (SSSR count). The minimum atomic E-state index is -0.389. The standard InChI is InChI=1S/C22H28N2O5/c1-5-26-18-12-10-9-11-16(18)15-23-24-22(25)17-13-19(27-6-2)21(29-8-4)20(14-17)28-7-3/h9-15H,5-8H2,1-4H3,(H,24,25)/b23-15-. The molecule has 0 radical (unpaired) electrons. The molecule has 0 spiro atoms. The Kier molecular flexibility index (Phi) is 8.82. The molecule has 156 valence electrons. The van der Waals surface area contributed by atoms with E-state index < -0.39 is 0 Å². The minimum Gasteiger partial charge on any atom is -0.493 e. The van der Waals surface area contributed by atoms with E-state index >= 15 is 0 Å². The predicted molar refractivity (Wildman–Crippen MR) is 113 cm³/mol. The first-order valence-electron chi connectivity index (χ1n) is 9.76. The summed E-state index contributed by atoms with van der Waals surface area (Å²) in [6, 6.07) is 10.7. The van der Waals surface area contributed by atoms with Gasteiger partial charge >= 0.3 is 0 Å². The molecule has 0 unspecified atom stereocenters. The zero-order chi connectivity index (χ0) is 21.1. The molecule has 7 nitrogen and oxygen atoms in total. The van der Waals surface area contributed by atoms with Crippen molar-refractivity contribution in [3.05, 3.63) is 47.5 Å². The molecule has 0 aliphatic rings. The molecule has 2 aromatic carbocycles. The van der Waals surface area contributed by atoms with Crippen molar-refractivity contribution in [2.45, 2.75) is 27.7 Å². The molecule has 0 fully saturated rings. The molecule has 0 saturated heterocycles. The second kappa shape index (κ2) is 11.6. The number of hydrazone groups is 1. The molecule has 1 N–H and O–H groups in total. The molecule has 29 heavy (non-hydrogen) atoms. The number of carbonyl (C=O) groups is 1. The van der Waals surface area contributed by atoms with Gasteiger partial charge in [0.25, 0.3) is 5.91 Å². The summed E-state index contributed by atoms with van der Waals surface area (Å²) < 4.78 is 22.5. The summed E-state index contributed by atoms with van der Waals surface area (Å²) in [5.41, 5.74) is 3.66. The number of hydrogen-bond acceptors (Lipinski definition) is 6. The third-order valence-corrected chi connectivity index (χ3v) is 3.76. The van der Waals surface area contributed by atoms with Crippen LogP contribution in [0.15, 0.2) is 41.5 Å². The molecule has 0 aliphatic carbocycles. The number of carbonyl (C=O) groups excluding carboxylic acids is 1. The number of amides is 1. The first-order chi connectivity index (χ1) is 14.1. The number of para-hydroxylation sites is 1. The Bertz CT molecular complexity index is 809. The van der Waals surface area contributed by atoms with E-state index in [2.05, 4.69) is 10.5 Å². The first-order valence-corrected chi connectivity index (χ1v) is 9.76. The van der Waals surface area contributed by atoms with E-state index in [1.807, 2.05) is 52.0 Å². The largest absolute Gasteiger partial charge is 0.493 e. The van der Waals surface area contributed by atoms with Gasteiger partial charge in [0.05, 0.1) is 32.6 Å². The zero-order valence-corrected chi connectivity index (χ0v) is 17.4. The van der Waals surface area contributed by atoms with Crippen LogP contribution in [0.3, 0.4) is 0 Å². The van der Waals surface area contributed by atoms with E-state index in [0.717, 1.165) is 5.56 Å². The van der Waals surface area contributed by atoms with Gasteiger partial charge in [-0.3, -0.25) is 4.79 Å². The molecule has 1 amide bonds. The van der Waals surface area contributed by atoms with Crippen molar-refractivity contribution in [2.24, 2.45) is 5.10 Å². The van der Waals surface area contributed by atoms with Crippen molar-refractivity contribution in [1.82, 2.24) is 5.43 Å². The third-order valence-electron chi connectivity index (χ3n) is 3.76. The number of hydrogen-bond donors (Lipinski definition) is 1. The third kappa shape index (κ3) is 6.14. The van der Waals surface area contributed by atoms with Crippen LogP contribution in [0.5, 0.6) is 23.0 Å². The minimum absolute atomic E-state index is 0.357. The molecule has 0 saturated carbocycles. The highest BCUT2D eigenvalue weighted by molar-refractivity contribution is 5.96. The van der Waals surface area contributed by atoms with Gasteiger partial charge in [-0.1, -0.05) is 12.1 Å². The van der Waals surface area contributed by atoms with Gasteiger partial charge in [0, 0.05) is 11.1 Å². The van der Waals surface area contributed by atoms with Crippen LogP contribution in [0.1, 0.15) is 43.6 Å². The summed E-state index contributed by atoms with van der Waals surface area (Å²) in [5, 5.41) is 4.05. The Morgan fingerprint density at radius 2 is 1.41 bits per heavy atom. The Morgan fingerprint density at radius 3 is 2.00 bits per heavy atom. The lowest BCUT2D eigenvalue weighted by atomic mass is 10.1. The van der Waals surface area contributed by atoms with E-state index in [0.29, 0.717) is 55.0 Å². The quantitative estimate of drug-likeness (QED) is 0.455. The van der Waals surface area contributed by atoms with Crippen molar-refractivity contribution in [3.63, 3.8) is 0 Å². The molecule has 0 atom stereocenters. The van der Waals surface area contributed by atoms with Gasteiger partial charge in [0.15, 0.2) is 11.5 Å². The molecule has 2 aromatic rings.